The molecule has 2 bridgehead atoms. The van der Waals surface area contributed by atoms with Crippen molar-refractivity contribution in [2.24, 2.45) is 0 Å². The fourth-order valence-corrected chi connectivity index (χ4v) is 5.52. The van der Waals surface area contributed by atoms with Crippen molar-refractivity contribution in [3.05, 3.63) is 47.8 Å². The third kappa shape index (κ3) is 6.70. The summed E-state index contributed by atoms with van der Waals surface area (Å²) in [6.45, 7) is 11.4. The van der Waals surface area contributed by atoms with E-state index in [4.69, 9.17) is 14.2 Å². The van der Waals surface area contributed by atoms with Gasteiger partial charge in [-0.3, -0.25) is 10.2 Å². The molecule has 44 heavy (non-hydrogen) atoms. The van der Waals surface area contributed by atoms with Crippen molar-refractivity contribution in [3.8, 4) is 17.3 Å². The fourth-order valence-electron chi connectivity index (χ4n) is 5.52. The van der Waals surface area contributed by atoms with E-state index in [2.05, 4.69) is 30.2 Å². The van der Waals surface area contributed by atoms with E-state index in [1.165, 1.54) is 18.3 Å². The number of fused-ring (bicyclic) bond motifs is 4. The first-order valence-electron chi connectivity index (χ1n) is 14.7. The zero-order chi connectivity index (χ0) is 31.6. The molecule has 2 saturated heterocycles. The number of rotatable bonds is 5. The lowest BCUT2D eigenvalue weighted by Crippen LogP contribution is -2.56. The van der Waals surface area contributed by atoms with E-state index in [1.807, 2.05) is 27.7 Å². The molecule has 11 nitrogen and oxygen atoms in total. The number of ether oxygens (including phenoxy) is 3. The van der Waals surface area contributed by atoms with Gasteiger partial charge in [0.1, 0.15) is 18.4 Å². The van der Waals surface area contributed by atoms with Gasteiger partial charge in [-0.1, -0.05) is 26.0 Å². The molecule has 1 N–H and O–H groups in total. The van der Waals surface area contributed by atoms with Gasteiger partial charge >= 0.3 is 12.2 Å². The molecule has 0 aliphatic carbocycles. The number of anilines is 3. The van der Waals surface area contributed by atoms with Crippen molar-refractivity contribution >= 4 is 23.5 Å². The highest BCUT2D eigenvalue weighted by Crippen LogP contribution is 2.41. The highest BCUT2D eigenvalue weighted by atomic mass is 19.4. The van der Waals surface area contributed by atoms with Gasteiger partial charge in [0.25, 0.3) is 0 Å². The van der Waals surface area contributed by atoms with E-state index in [9.17, 15) is 18.0 Å². The van der Waals surface area contributed by atoms with Gasteiger partial charge in [-0.25, -0.2) is 19.7 Å². The molecule has 5 heterocycles. The summed E-state index contributed by atoms with van der Waals surface area (Å²) in [6.07, 6.45) is -1.72. The second kappa shape index (κ2) is 12.5. The summed E-state index contributed by atoms with van der Waals surface area (Å²) in [5.41, 5.74) is 0.647. The second-order valence-electron chi connectivity index (χ2n) is 10.9. The number of alkyl halides is 3. The summed E-state index contributed by atoms with van der Waals surface area (Å²) in [6, 6.07) is 5.70. The average molecular weight is 616 g/mol. The van der Waals surface area contributed by atoms with E-state index in [-0.39, 0.29) is 42.0 Å². The molecule has 2 fully saturated rings. The zero-order valence-corrected chi connectivity index (χ0v) is 25.3. The average Bonchev–Trinajstić information content (AvgIpc) is 3.35. The largest absolute Gasteiger partial charge is 0.475 e. The Balaban J connectivity index is 0.00000188. The van der Waals surface area contributed by atoms with E-state index in [0.717, 1.165) is 31.5 Å². The number of aryl methyl sites for hydroxylation is 1. The SMILES string of the molecule is CC.Cc1nc(-c2cccc(C(F)(F)F)c2)nc2c1N1CCCC(C1)N2C(=O)Nc1nccc(OCC2COC(C)(C)O2)n1. The first kappa shape index (κ1) is 31.4. The molecular formula is C30H36F3N7O4. The Morgan fingerprint density at radius 1 is 1.18 bits per heavy atom. The minimum Gasteiger partial charge on any atom is -0.475 e. The summed E-state index contributed by atoms with van der Waals surface area (Å²) >= 11 is 0. The third-order valence-electron chi connectivity index (χ3n) is 7.35. The molecule has 236 valence electrons. The molecule has 0 saturated carbocycles. The fraction of sp³-hybridized carbons (Fsp3) is 0.500. The van der Waals surface area contributed by atoms with Crippen LogP contribution < -0.4 is 19.9 Å². The molecule has 3 aromatic rings. The van der Waals surface area contributed by atoms with Crippen LogP contribution in [0.5, 0.6) is 5.88 Å². The van der Waals surface area contributed by atoms with Crippen LogP contribution in [0, 0.1) is 6.92 Å². The first-order chi connectivity index (χ1) is 21.0. The van der Waals surface area contributed by atoms with Gasteiger partial charge in [-0.05, 0) is 45.7 Å². The van der Waals surface area contributed by atoms with Crippen molar-refractivity contribution in [2.75, 3.05) is 41.4 Å². The summed E-state index contributed by atoms with van der Waals surface area (Å²) in [5, 5.41) is 2.75. The Morgan fingerprint density at radius 2 is 1.98 bits per heavy atom. The molecule has 0 radical (unpaired) electrons. The van der Waals surface area contributed by atoms with Crippen LogP contribution in [0.1, 0.15) is 51.8 Å². The number of hydrogen-bond acceptors (Lipinski definition) is 9. The molecule has 2 unspecified atom stereocenters. The lowest BCUT2D eigenvalue weighted by atomic mass is 9.99. The molecule has 2 aromatic heterocycles. The van der Waals surface area contributed by atoms with E-state index in [0.29, 0.717) is 30.4 Å². The molecule has 3 aliphatic rings. The highest BCUT2D eigenvalue weighted by Gasteiger charge is 2.40. The van der Waals surface area contributed by atoms with Crippen LogP contribution in [0.3, 0.4) is 0 Å². The number of carbonyl (C=O) groups excluding carboxylic acids is 1. The number of urea groups is 1. The predicted octanol–water partition coefficient (Wildman–Crippen LogP) is 5.84. The molecule has 3 aliphatic heterocycles. The normalized spacial score (nSPS) is 20.4. The number of hydrogen-bond donors (Lipinski definition) is 1. The number of nitrogens with one attached hydrogen (secondary N) is 1. The van der Waals surface area contributed by atoms with Crippen molar-refractivity contribution in [3.63, 3.8) is 0 Å². The van der Waals surface area contributed by atoms with Gasteiger partial charge in [-0.15, -0.1) is 0 Å². The van der Waals surface area contributed by atoms with Crippen molar-refractivity contribution < 1.29 is 32.2 Å². The molecule has 1 aromatic carbocycles. The maximum absolute atomic E-state index is 13.8. The summed E-state index contributed by atoms with van der Waals surface area (Å²) in [5.74, 6) is 0.0360. The van der Waals surface area contributed by atoms with Crippen LogP contribution >= 0.6 is 0 Å². The molecule has 2 amide bonds. The minimum atomic E-state index is -4.51. The van der Waals surface area contributed by atoms with Gasteiger partial charge in [0.05, 0.1) is 23.9 Å². The second-order valence-corrected chi connectivity index (χ2v) is 10.9. The van der Waals surface area contributed by atoms with Crippen molar-refractivity contribution in [1.82, 2.24) is 19.9 Å². The monoisotopic (exact) mass is 615 g/mol. The Kier molecular flexibility index (Phi) is 8.93. The number of aromatic nitrogens is 4. The van der Waals surface area contributed by atoms with Crippen LogP contribution in [0.15, 0.2) is 36.5 Å². The van der Waals surface area contributed by atoms with Crippen LogP contribution in [0.25, 0.3) is 11.4 Å². The van der Waals surface area contributed by atoms with Crippen LogP contribution in [0.4, 0.5) is 35.4 Å². The number of benzene rings is 1. The van der Waals surface area contributed by atoms with Crippen LogP contribution in [0.2, 0.25) is 0 Å². The summed E-state index contributed by atoms with van der Waals surface area (Å²) in [7, 11) is 0. The number of nitrogens with zero attached hydrogens (tertiary/aromatic N) is 6. The van der Waals surface area contributed by atoms with Crippen LogP contribution in [-0.2, 0) is 15.7 Å². The predicted molar refractivity (Wildman–Crippen MR) is 158 cm³/mol. The van der Waals surface area contributed by atoms with Gasteiger partial charge in [-0.2, -0.15) is 18.2 Å². The van der Waals surface area contributed by atoms with Gasteiger partial charge in [0.2, 0.25) is 11.8 Å². The van der Waals surface area contributed by atoms with E-state index < -0.39 is 23.6 Å². The lowest BCUT2D eigenvalue weighted by Gasteiger charge is -2.46. The van der Waals surface area contributed by atoms with Gasteiger partial charge < -0.3 is 19.1 Å². The third-order valence-corrected chi connectivity index (χ3v) is 7.35. The maximum atomic E-state index is 13.8. The molecule has 6 rings (SSSR count). The Bertz CT molecular complexity index is 1500. The molecular weight excluding hydrogens is 579 g/mol. The molecule has 2 atom stereocenters. The Morgan fingerprint density at radius 3 is 2.70 bits per heavy atom. The Hall–Kier alpha value is -4.04. The van der Waals surface area contributed by atoms with Gasteiger partial charge in [0, 0.05) is 30.9 Å². The van der Waals surface area contributed by atoms with Gasteiger partial charge in [0.15, 0.2) is 17.4 Å². The Labute approximate surface area is 253 Å². The summed E-state index contributed by atoms with van der Waals surface area (Å²) < 4.78 is 57.3. The quantitative estimate of drug-likeness (QED) is 0.378. The minimum absolute atomic E-state index is 0.0325. The standard InChI is InChI=1S/C28H30F3N7O4.C2H6/c1-16-22-24(35-23(33-16)17-6-4-7-18(12-17)28(29,30)31)38(19-8-5-11-37(22)13-19)26(39)36-25-32-10-9-21(34-25)40-14-20-15-41-27(2,3)42-20;1-2/h4,6-7,9-10,12,19-20H,5,8,11,13-15H2,1-3H3,(H,32,34,36,39);1-2H3. The van der Waals surface area contributed by atoms with E-state index in [1.54, 1.807) is 17.9 Å². The lowest BCUT2D eigenvalue weighted by molar-refractivity contribution is -0.141. The highest BCUT2D eigenvalue weighted by molar-refractivity contribution is 6.04. The smallest absolute Gasteiger partial charge is 0.416 e. The number of amides is 2. The van der Waals surface area contributed by atoms with Crippen LogP contribution in [-0.4, -0.2) is 70.2 Å². The first-order valence-corrected chi connectivity index (χ1v) is 14.7. The summed E-state index contributed by atoms with van der Waals surface area (Å²) in [4.78, 5) is 35.1. The number of carbonyl (C=O) groups is 1. The van der Waals surface area contributed by atoms with E-state index >= 15 is 0 Å². The van der Waals surface area contributed by atoms with Crippen molar-refractivity contribution in [2.45, 2.75) is 71.6 Å². The van der Waals surface area contributed by atoms with Crippen molar-refractivity contribution in [1.29, 1.82) is 0 Å². The number of piperidine rings is 1. The topological polar surface area (TPSA) is 115 Å². The number of halogens is 3. The molecule has 14 heteroatoms. The molecule has 0 spiro atoms. The maximum Gasteiger partial charge on any atom is 0.416 e. The zero-order valence-electron chi connectivity index (χ0n) is 25.3.